The van der Waals surface area contributed by atoms with Gasteiger partial charge in [-0.2, -0.15) is 0 Å². The molecule has 15 heavy (non-hydrogen) atoms. The third-order valence-corrected chi connectivity index (χ3v) is 4.07. The summed E-state index contributed by atoms with van der Waals surface area (Å²) in [6.45, 7) is 5.28. The number of rotatable bonds is 1. The standard InChI is InChI=1S/C14H16O/c1-10-8-14(11(2)13(14)9-15-10)12-6-4-3-5-7-12/h3-8,11,13H,9H2,1-2H3/t11-,13-,14+/m1/s1. The number of allylic oxidation sites excluding steroid dienone is 2. The minimum absolute atomic E-state index is 0.281. The fourth-order valence-corrected chi connectivity index (χ4v) is 3.09. The molecule has 0 unspecified atom stereocenters. The van der Waals surface area contributed by atoms with Gasteiger partial charge in [-0.25, -0.2) is 0 Å². The summed E-state index contributed by atoms with van der Waals surface area (Å²) in [5, 5.41) is 0. The average Bonchev–Trinajstić information content (AvgIpc) is 2.86. The van der Waals surface area contributed by atoms with Gasteiger partial charge in [0.2, 0.25) is 0 Å². The summed E-state index contributed by atoms with van der Waals surface area (Å²) >= 11 is 0. The lowest BCUT2D eigenvalue weighted by atomic mass is 9.90. The molecule has 0 bridgehead atoms. The van der Waals surface area contributed by atoms with Crippen LogP contribution in [0.1, 0.15) is 19.4 Å². The van der Waals surface area contributed by atoms with Gasteiger partial charge in [0.05, 0.1) is 12.4 Å². The lowest BCUT2D eigenvalue weighted by Crippen LogP contribution is -2.16. The summed E-state index contributed by atoms with van der Waals surface area (Å²) < 4.78 is 5.61. The van der Waals surface area contributed by atoms with Crippen molar-refractivity contribution in [2.24, 2.45) is 11.8 Å². The third kappa shape index (κ3) is 1.09. The zero-order chi connectivity index (χ0) is 10.5. The Labute approximate surface area is 90.8 Å². The van der Waals surface area contributed by atoms with Crippen molar-refractivity contribution in [3.05, 3.63) is 47.7 Å². The molecule has 0 aromatic heterocycles. The van der Waals surface area contributed by atoms with Crippen molar-refractivity contribution < 1.29 is 4.74 Å². The van der Waals surface area contributed by atoms with E-state index >= 15 is 0 Å². The molecule has 1 nitrogen and oxygen atoms in total. The fourth-order valence-electron chi connectivity index (χ4n) is 3.09. The Morgan fingerprint density at radius 2 is 2.00 bits per heavy atom. The SMILES string of the molecule is CC1=C[C@@]2(c3ccccc3)[C@H](C)[C@H]2CO1. The summed E-state index contributed by atoms with van der Waals surface area (Å²) in [6, 6.07) is 10.8. The zero-order valence-corrected chi connectivity index (χ0v) is 9.23. The van der Waals surface area contributed by atoms with Crippen LogP contribution >= 0.6 is 0 Å². The van der Waals surface area contributed by atoms with E-state index in [2.05, 4.69) is 50.3 Å². The van der Waals surface area contributed by atoms with Crippen molar-refractivity contribution in [2.75, 3.05) is 6.61 Å². The molecule has 0 N–H and O–H groups in total. The second-order valence-electron chi connectivity index (χ2n) is 4.76. The van der Waals surface area contributed by atoms with Gasteiger partial charge < -0.3 is 4.74 Å². The van der Waals surface area contributed by atoms with Crippen molar-refractivity contribution in [1.82, 2.24) is 0 Å². The van der Waals surface area contributed by atoms with E-state index in [4.69, 9.17) is 4.74 Å². The first-order chi connectivity index (χ1) is 7.25. The van der Waals surface area contributed by atoms with E-state index in [0.717, 1.165) is 18.3 Å². The molecule has 3 rings (SSSR count). The Hall–Kier alpha value is -1.24. The molecule has 3 atom stereocenters. The van der Waals surface area contributed by atoms with Gasteiger partial charge in [0.1, 0.15) is 0 Å². The lowest BCUT2D eigenvalue weighted by Gasteiger charge is -2.20. The first-order valence-corrected chi connectivity index (χ1v) is 5.63. The van der Waals surface area contributed by atoms with E-state index in [9.17, 15) is 0 Å². The molecule has 2 aliphatic rings. The predicted molar refractivity (Wildman–Crippen MR) is 60.5 cm³/mol. The first-order valence-electron chi connectivity index (χ1n) is 5.63. The number of hydrogen-bond donors (Lipinski definition) is 0. The number of fused-ring (bicyclic) bond motifs is 1. The summed E-state index contributed by atoms with van der Waals surface area (Å²) in [4.78, 5) is 0. The molecule has 1 fully saturated rings. The Morgan fingerprint density at radius 1 is 1.27 bits per heavy atom. The number of ether oxygens (including phenoxy) is 1. The molecule has 1 aliphatic heterocycles. The van der Waals surface area contributed by atoms with Crippen LogP contribution in [-0.2, 0) is 10.2 Å². The number of benzene rings is 1. The summed E-state index contributed by atoms with van der Waals surface area (Å²) in [5.41, 5.74) is 1.73. The normalized spacial score (nSPS) is 37.6. The Kier molecular flexibility index (Phi) is 1.73. The van der Waals surface area contributed by atoms with Crippen molar-refractivity contribution in [2.45, 2.75) is 19.3 Å². The maximum Gasteiger partial charge on any atom is 0.0919 e. The van der Waals surface area contributed by atoms with E-state index in [1.165, 1.54) is 5.56 Å². The second-order valence-corrected chi connectivity index (χ2v) is 4.76. The van der Waals surface area contributed by atoms with Crippen molar-refractivity contribution in [1.29, 1.82) is 0 Å². The van der Waals surface area contributed by atoms with E-state index in [-0.39, 0.29) is 5.41 Å². The molecular formula is C14H16O. The largest absolute Gasteiger partial charge is 0.498 e. The Balaban J connectivity index is 2.08. The average molecular weight is 200 g/mol. The molecule has 1 heterocycles. The zero-order valence-electron chi connectivity index (χ0n) is 9.23. The molecule has 1 saturated carbocycles. The molecule has 0 amide bonds. The molecule has 78 valence electrons. The summed E-state index contributed by atoms with van der Waals surface area (Å²) in [5.74, 6) is 2.49. The monoisotopic (exact) mass is 200 g/mol. The van der Waals surface area contributed by atoms with Crippen molar-refractivity contribution in [3.8, 4) is 0 Å². The molecule has 0 spiro atoms. The van der Waals surface area contributed by atoms with Gasteiger partial charge in [-0.3, -0.25) is 0 Å². The first kappa shape index (κ1) is 9.02. The van der Waals surface area contributed by atoms with Crippen LogP contribution in [0.5, 0.6) is 0 Å². The van der Waals surface area contributed by atoms with Gasteiger partial charge in [0.25, 0.3) is 0 Å². The summed E-state index contributed by atoms with van der Waals surface area (Å²) in [6.07, 6.45) is 2.32. The maximum atomic E-state index is 5.61. The topological polar surface area (TPSA) is 9.23 Å². The van der Waals surface area contributed by atoms with Gasteiger partial charge >= 0.3 is 0 Å². The summed E-state index contributed by atoms with van der Waals surface area (Å²) in [7, 11) is 0. The molecule has 1 heteroatoms. The van der Waals surface area contributed by atoms with Crippen LogP contribution in [0.15, 0.2) is 42.2 Å². The Morgan fingerprint density at radius 3 is 2.73 bits per heavy atom. The van der Waals surface area contributed by atoms with Crippen molar-refractivity contribution in [3.63, 3.8) is 0 Å². The highest BCUT2D eigenvalue weighted by molar-refractivity contribution is 5.43. The quantitative estimate of drug-likeness (QED) is 0.676. The van der Waals surface area contributed by atoms with E-state index in [0.29, 0.717) is 5.92 Å². The van der Waals surface area contributed by atoms with Crippen LogP contribution in [0, 0.1) is 11.8 Å². The van der Waals surface area contributed by atoms with E-state index < -0.39 is 0 Å². The van der Waals surface area contributed by atoms with Crippen LogP contribution in [0.2, 0.25) is 0 Å². The van der Waals surface area contributed by atoms with E-state index in [1.54, 1.807) is 0 Å². The molecule has 1 aliphatic carbocycles. The van der Waals surface area contributed by atoms with Gasteiger partial charge in [-0.1, -0.05) is 37.3 Å². The van der Waals surface area contributed by atoms with E-state index in [1.807, 2.05) is 0 Å². The molecule has 1 aromatic carbocycles. The van der Waals surface area contributed by atoms with Crippen LogP contribution < -0.4 is 0 Å². The highest BCUT2D eigenvalue weighted by Crippen LogP contribution is 2.62. The Bertz CT molecular complexity index is 407. The minimum atomic E-state index is 0.281. The fraction of sp³-hybridized carbons (Fsp3) is 0.429. The lowest BCUT2D eigenvalue weighted by molar-refractivity contribution is 0.178. The van der Waals surface area contributed by atoms with Crippen LogP contribution in [0.4, 0.5) is 0 Å². The maximum absolute atomic E-state index is 5.61. The highest BCUT2D eigenvalue weighted by atomic mass is 16.5. The molecule has 1 aromatic rings. The van der Waals surface area contributed by atoms with Gasteiger partial charge in [0, 0.05) is 11.3 Å². The third-order valence-electron chi connectivity index (χ3n) is 4.07. The van der Waals surface area contributed by atoms with Gasteiger partial charge in [-0.05, 0) is 24.5 Å². The predicted octanol–water partition coefficient (Wildman–Crippen LogP) is 3.12. The molecule has 0 radical (unpaired) electrons. The second kappa shape index (κ2) is 2.88. The van der Waals surface area contributed by atoms with Gasteiger partial charge in [-0.15, -0.1) is 0 Å². The smallest absolute Gasteiger partial charge is 0.0919 e. The number of hydrogen-bond acceptors (Lipinski definition) is 1. The molecular weight excluding hydrogens is 184 g/mol. The van der Waals surface area contributed by atoms with Crippen LogP contribution in [0.25, 0.3) is 0 Å². The van der Waals surface area contributed by atoms with Crippen molar-refractivity contribution >= 4 is 0 Å². The minimum Gasteiger partial charge on any atom is -0.498 e. The molecule has 0 saturated heterocycles. The highest BCUT2D eigenvalue weighted by Gasteiger charge is 2.63. The van der Waals surface area contributed by atoms with Gasteiger partial charge in [0.15, 0.2) is 0 Å². The van der Waals surface area contributed by atoms with Crippen LogP contribution in [0.3, 0.4) is 0 Å². The van der Waals surface area contributed by atoms with Crippen LogP contribution in [-0.4, -0.2) is 6.61 Å².